The van der Waals surface area contributed by atoms with Crippen molar-refractivity contribution < 1.29 is 24.3 Å². The number of aromatic amines is 2. The van der Waals surface area contributed by atoms with E-state index < -0.39 is 47.9 Å². The molecular weight excluding hydrogens is 564 g/mol. The van der Waals surface area contributed by atoms with Crippen molar-refractivity contribution in [1.29, 1.82) is 0 Å². The molecule has 0 aliphatic heterocycles. The second-order valence-electron chi connectivity index (χ2n) is 9.60. The van der Waals surface area contributed by atoms with Crippen molar-refractivity contribution in [3.05, 3.63) is 54.2 Å². The number of amides is 3. The fourth-order valence-corrected chi connectivity index (χ4v) is 4.47. The molecule has 0 fully saturated rings. The summed E-state index contributed by atoms with van der Waals surface area (Å²) in [7, 11) is 0. The number of aliphatic imine (C=N–C) groups is 1. The number of carboxylic acid groups (broad SMARTS) is 1. The Morgan fingerprint density at radius 1 is 0.976 bits per heavy atom. The van der Waals surface area contributed by atoms with E-state index in [9.17, 15) is 24.3 Å². The topological polar surface area (TPSA) is 259 Å². The largest absolute Gasteiger partial charge is 0.480 e. The van der Waals surface area contributed by atoms with Crippen LogP contribution in [-0.2, 0) is 32.0 Å². The number of hydrogen-bond donors (Lipinski definition) is 10. The first kappa shape index (κ1) is 32.0. The van der Waals surface area contributed by atoms with Crippen LogP contribution in [0.5, 0.6) is 0 Å². The first-order valence-corrected chi connectivity index (χ1v) is 13.8. The molecule has 0 radical (unpaired) electrons. The van der Waals surface area contributed by atoms with Crippen molar-refractivity contribution in [2.45, 2.75) is 49.9 Å². The maximum Gasteiger partial charge on any atom is 0.326 e. The summed E-state index contributed by atoms with van der Waals surface area (Å²) in [5.74, 6) is -3.46. The quantitative estimate of drug-likeness (QED) is 0.0397. The summed E-state index contributed by atoms with van der Waals surface area (Å²) in [6, 6.07) is 2.86. The number of hydrogen-bond acceptors (Lipinski definition) is 8. The number of thiol groups is 1. The molecule has 0 saturated heterocycles. The Kier molecular flexibility index (Phi) is 11.7. The van der Waals surface area contributed by atoms with E-state index in [0.29, 0.717) is 17.7 Å². The first-order chi connectivity index (χ1) is 20.1. The Hall–Kier alpha value is -4.57. The number of fused-ring (bicyclic) bond motifs is 1. The molecule has 0 spiro atoms. The summed E-state index contributed by atoms with van der Waals surface area (Å²) in [5, 5.41) is 18.3. The van der Waals surface area contributed by atoms with E-state index >= 15 is 0 Å². The van der Waals surface area contributed by atoms with E-state index in [0.717, 1.165) is 10.9 Å². The third-order valence-corrected chi connectivity index (χ3v) is 6.81. The van der Waals surface area contributed by atoms with Gasteiger partial charge in [0, 0.05) is 54.1 Å². The maximum atomic E-state index is 13.3. The number of rotatable bonds is 16. The maximum absolute atomic E-state index is 13.3. The van der Waals surface area contributed by atoms with Gasteiger partial charge in [-0.25, -0.2) is 9.78 Å². The summed E-state index contributed by atoms with van der Waals surface area (Å²) in [4.78, 5) is 64.9. The van der Waals surface area contributed by atoms with Gasteiger partial charge < -0.3 is 48.2 Å². The number of nitrogens with two attached hydrogens (primary N) is 3. The Balaban J connectivity index is 1.66. The molecule has 0 bridgehead atoms. The normalized spacial score (nSPS) is 13.9. The number of imidazole rings is 1. The van der Waals surface area contributed by atoms with Gasteiger partial charge in [-0.2, -0.15) is 12.6 Å². The van der Waals surface area contributed by atoms with Crippen molar-refractivity contribution in [3.8, 4) is 0 Å². The van der Waals surface area contributed by atoms with Crippen LogP contribution in [0.4, 0.5) is 0 Å². The molecular formula is C26H36N10O5S. The van der Waals surface area contributed by atoms with Crippen LogP contribution in [0.15, 0.2) is 48.0 Å². The third-order valence-electron chi connectivity index (χ3n) is 6.45. The highest BCUT2D eigenvalue weighted by molar-refractivity contribution is 7.80. The molecule has 0 aliphatic carbocycles. The van der Waals surface area contributed by atoms with E-state index in [1.807, 2.05) is 24.3 Å². The molecule has 16 heteroatoms. The lowest BCUT2D eigenvalue weighted by atomic mass is 10.0. The standard InChI is InChI=1S/C26H36N10O5S/c27-17(5-3-7-31-26(28)29)22(37)34-19(9-15-11-30-13-33-15)23(38)36-21(12-42)24(39)35-20(25(40)41)8-14-10-32-18-6-2-1-4-16(14)18/h1-2,4,6,10-11,13,17,19-21,32,42H,3,5,7-9,12,27H2,(H,30,33)(H,34,37)(H,35,39)(H,36,38)(H,40,41)(H4,28,29,31). The molecule has 15 nitrogen and oxygen atoms in total. The summed E-state index contributed by atoms with van der Waals surface area (Å²) < 4.78 is 0. The SMILES string of the molecule is NC(N)=NCCCC(N)C(=O)NC(Cc1cnc[nH]1)C(=O)NC(CS)C(=O)NC(Cc1c[nH]c2ccccc12)C(=O)O. The smallest absolute Gasteiger partial charge is 0.326 e. The van der Waals surface area contributed by atoms with Gasteiger partial charge in [-0.15, -0.1) is 0 Å². The van der Waals surface area contributed by atoms with Crippen molar-refractivity contribution in [2.24, 2.45) is 22.2 Å². The Morgan fingerprint density at radius 2 is 1.67 bits per heavy atom. The van der Waals surface area contributed by atoms with Crippen LogP contribution >= 0.6 is 12.6 Å². The van der Waals surface area contributed by atoms with Crippen LogP contribution in [0.1, 0.15) is 24.1 Å². The minimum atomic E-state index is -1.27. The van der Waals surface area contributed by atoms with Gasteiger partial charge in [-0.3, -0.25) is 19.4 Å². The van der Waals surface area contributed by atoms with Crippen molar-refractivity contribution in [3.63, 3.8) is 0 Å². The molecule has 3 rings (SSSR count). The number of carboxylic acids is 1. The van der Waals surface area contributed by atoms with Crippen molar-refractivity contribution in [2.75, 3.05) is 12.3 Å². The predicted molar refractivity (Wildman–Crippen MR) is 159 cm³/mol. The summed E-state index contributed by atoms with van der Waals surface area (Å²) in [6.07, 6.45) is 5.34. The number of aromatic nitrogens is 3. The number of aliphatic carboxylic acids is 1. The minimum Gasteiger partial charge on any atom is -0.480 e. The highest BCUT2D eigenvalue weighted by atomic mass is 32.1. The summed E-state index contributed by atoms with van der Waals surface area (Å²) in [6.45, 7) is 0.289. The molecule has 3 aromatic rings. The molecule has 42 heavy (non-hydrogen) atoms. The molecule has 0 saturated carbocycles. The lowest BCUT2D eigenvalue weighted by Gasteiger charge is -2.24. The number of nitrogens with zero attached hydrogens (tertiary/aromatic N) is 2. The zero-order valence-electron chi connectivity index (χ0n) is 22.7. The second-order valence-corrected chi connectivity index (χ2v) is 9.97. The van der Waals surface area contributed by atoms with E-state index in [1.54, 1.807) is 6.20 Å². The number of nitrogens with one attached hydrogen (secondary N) is 5. The molecule has 226 valence electrons. The van der Waals surface area contributed by atoms with Crippen LogP contribution in [0.25, 0.3) is 10.9 Å². The van der Waals surface area contributed by atoms with Gasteiger partial charge in [-0.05, 0) is 24.5 Å². The average molecular weight is 601 g/mol. The zero-order chi connectivity index (χ0) is 30.6. The van der Waals surface area contributed by atoms with E-state index in [2.05, 4.69) is 48.5 Å². The van der Waals surface area contributed by atoms with Gasteiger partial charge in [0.05, 0.1) is 12.4 Å². The van der Waals surface area contributed by atoms with Crippen molar-refractivity contribution in [1.82, 2.24) is 30.9 Å². The van der Waals surface area contributed by atoms with Gasteiger partial charge in [0.2, 0.25) is 17.7 Å². The second kappa shape index (κ2) is 15.4. The predicted octanol–water partition coefficient (Wildman–Crippen LogP) is -1.47. The van der Waals surface area contributed by atoms with Crippen LogP contribution < -0.4 is 33.2 Å². The first-order valence-electron chi connectivity index (χ1n) is 13.2. The van der Waals surface area contributed by atoms with Gasteiger partial charge in [-0.1, -0.05) is 18.2 Å². The highest BCUT2D eigenvalue weighted by Crippen LogP contribution is 2.19. The van der Waals surface area contributed by atoms with E-state index in [1.165, 1.54) is 12.5 Å². The minimum absolute atomic E-state index is 0.0118. The monoisotopic (exact) mass is 600 g/mol. The number of guanidine groups is 1. The van der Waals surface area contributed by atoms with Crippen LogP contribution in [0.2, 0.25) is 0 Å². The van der Waals surface area contributed by atoms with Gasteiger partial charge in [0.25, 0.3) is 0 Å². The van der Waals surface area contributed by atoms with Crippen molar-refractivity contribution >= 4 is 53.2 Å². The fraction of sp³-hybridized carbons (Fsp3) is 0.385. The molecule has 1 aromatic carbocycles. The Bertz CT molecular complexity index is 1390. The Labute approximate surface area is 246 Å². The summed E-state index contributed by atoms with van der Waals surface area (Å²) >= 11 is 4.18. The molecule has 12 N–H and O–H groups in total. The lowest BCUT2D eigenvalue weighted by Crippen LogP contribution is -2.58. The lowest BCUT2D eigenvalue weighted by molar-refractivity contribution is -0.142. The number of H-pyrrole nitrogens is 2. The van der Waals surface area contributed by atoms with E-state index in [4.69, 9.17) is 17.2 Å². The number of para-hydroxylation sites is 1. The molecule has 4 unspecified atom stereocenters. The molecule has 2 aromatic heterocycles. The van der Waals surface area contributed by atoms with Gasteiger partial charge in [0.15, 0.2) is 5.96 Å². The average Bonchev–Trinajstić information content (AvgIpc) is 3.62. The zero-order valence-corrected chi connectivity index (χ0v) is 23.6. The molecule has 0 aliphatic rings. The van der Waals surface area contributed by atoms with Gasteiger partial charge >= 0.3 is 5.97 Å². The van der Waals surface area contributed by atoms with Crippen LogP contribution in [0, 0.1) is 0 Å². The fourth-order valence-electron chi connectivity index (χ4n) is 4.21. The van der Waals surface area contributed by atoms with Crippen LogP contribution in [-0.4, -0.2) is 86.2 Å². The number of benzene rings is 1. The Morgan fingerprint density at radius 3 is 2.33 bits per heavy atom. The van der Waals surface area contributed by atoms with Gasteiger partial charge in [0.1, 0.15) is 18.1 Å². The molecule has 4 atom stereocenters. The third kappa shape index (κ3) is 9.24. The van der Waals surface area contributed by atoms with Crippen LogP contribution in [0.3, 0.4) is 0 Å². The summed E-state index contributed by atoms with van der Waals surface area (Å²) in [5.41, 5.74) is 18.7. The number of carbonyl (C=O) groups is 4. The highest BCUT2D eigenvalue weighted by Gasteiger charge is 2.30. The number of carbonyl (C=O) groups excluding carboxylic acids is 3. The molecule has 3 amide bonds. The van der Waals surface area contributed by atoms with E-state index in [-0.39, 0.29) is 37.5 Å². The molecule has 2 heterocycles.